The fourth-order valence-electron chi connectivity index (χ4n) is 5.15. The second-order valence-electron chi connectivity index (χ2n) is 9.60. The monoisotopic (exact) mass is 573 g/mol. The Balaban J connectivity index is 1.27. The molecule has 5 nitrogen and oxygen atoms in total. The van der Waals surface area contributed by atoms with E-state index in [1.54, 1.807) is 6.07 Å². The van der Waals surface area contributed by atoms with Gasteiger partial charge in [-0.15, -0.1) is 0 Å². The van der Waals surface area contributed by atoms with Crippen molar-refractivity contribution in [2.24, 2.45) is 0 Å². The molecule has 1 saturated heterocycles. The number of hydrogen-bond donors (Lipinski definition) is 1. The van der Waals surface area contributed by atoms with Gasteiger partial charge in [0.2, 0.25) is 0 Å². The molecule has 2 aromatic carbocycles. The highest BCUT2D eigenvalue weighted by atomic mass is 127. The Hall–Kier alpha value is -1.93. The number of piperidine rings is 1. The Kier molecular flexibility index (Phi) is 9.00. The molecule has 0 radical (unpaired) electrons. The van der Waals surface area contributed by atoms with Crippen molar-refractivity contribution < 1.29 is 9.59 Å². The first-order chi connectivity index (χ1) is 16.5. The number of halogens is 1. The molecule has 2 aliphatic heterocycles. The van der Waals surface area contributed by atoms with Gasteiger partial charge in [0.1, 0.15) is 0 Å². The molecular weight excluding hydrogens is 537 g/mol. The molecule has 2 aromatic rings. The molecule has 2 amide bonds. The molecule has 6 heteroatoms. The van der Waals surface area contributed by atoms with Gasteiger partial charge in [0, 0.05) is 46.9 Å². The molecule has 0 saturated carbocycles. The van der Waals surface area contributed by atoms with E-state index in [1.165, 1.54) is 48.6 Å². The van der Waals surface area contributed by atoms with Crippen LogP contribution < -0.4 is 5.32 Å². The van der Waals surface area contributed by atoms with Gasteiger partial charge in [-0.3, -0.25) is 9.59 Å². The average Bonchev–Trinajstić information content (AvgIpc) is 3.16. The Morgan fingerprint density at radius 3 is 2.74 bits per heavy atom. The van der Waals surface area contributed by atoms with E-state index in [0.29, 0.717) is 30.8 Å². The van der Waals surface area contributed by atoms with E-state index in [-0.39, 0.29) is 11.8 Å². The standard InChI is InChI=1S/C28H36IN3O2/c1-2-3-7-25-8-4-5-16-31(25)17-6-15-30-27(33)22-11-12-23-20-32(28(34)26(23)18-22)19-21-9-13-24(29)14-10-21/h9-14,18,25H,2-8,15-17,19-20H2,1H3,(H,30,33). The summed E-state index contributed by atoms with van der Waals surface area (Å²) in [6.07, 6.45) is 8.77. The van der Waals surface area contributed by atoms with Crippen LogP contribution in [0.15, 0.2) is 42.5 Å². The Morgan fingerprint density at radius 2 is 1.94 bits per heavy atom. The number of fused-ring (bicyclic) bond motifs is 1. The molecule has 1 fully saturated rings. The van der Waals surface area contributed by atoms with Crippen LogP contribution in [0, 0.1) is 3.57 Å². The summed E-state index contributed by atoms with van der Waals surface area (Å²) in [6, 6.07) is 14.5. The smallest absolute Gasteiger partial charge is 0.254 e. The summed E-state index contributed by atoms with van der Waals surface area (Å²) in [5.41, 5.74) is 3.34. The van der Waals surface area contributed by atoms with Crippen molar-refractivity contribution >= 4 is 34.4 Å². The van der Waals surface area contributed by atoms with Crippen LogP contribution >= 0.6 is 22.6 Å². The predicted molar refractivity (Wildman–Crippen MR) is 145 cm³/mol. The van der Waals surface area contributed by atoms with Gasteiger partial charge in [0.25, 0.3) is 11.8 Å². The maximum Gasteiger partial charge on any atom is 0.254 e. The van der Waals surface area contributed by atoms with Gasteiger partial charge in [-0.1, -0.05) is 44.4 Å². The Labute approximate surface area is 217 Å². The minimum atomic E-state index is -0.0899. The molecule has 182 valence electrons. The largest absolute Gasteiger partial charge is 0.352 e. The summed E-state index contributed by atoms with van der Waals surface area (Å²) in [6.45, 7) is 6.34. The minimum Gasteiger partial charge on any atom is -0.352 e. The number of likely N-dealkylation sites (tertiary alicyclic amines) is 1. The fourth-order valence-corrected chi connectivity index (χ4v) is 5.51. The number of carbonyl (C=O) groups is 2. The van der Waals surface area contributed by atoms with Crippen molar-refractivity contribution in [1.82, 2.24) is 15.1 Å². The van der Waals surface area contributed by atoms with Crippen LogP contribution in [0.3, 0.4) is 0 Å². The van der Waals surface area contributed by atoms with E-state index in [1.807, 2.05) is 17.0 Å². The SMILES string of the molecule is CCCCC1CCCCN1CCCNC(=O)c1ccc2c(c1)C(=O)N(Cc1ccc(I)cc1)C2. The molecule has 1 N–H and O–H groups in total. The molecule has 2 aliphatic rings. The van der Waals surface area contributed by atoms with Crippen LogP contribution in [0.2, 0.25) is 0 Å². The average molecular weight is 574 g/mol. The second-order valence-corrected chi connectivity index (χ2v) is 10.8. The van der Waals surface area contributed by atoms with Crippen molar-refractivity contribution in [1.29, 1.82) is 0 Å². The summed E-state index contributed by atoms with van der Waals surface area (Å²) >= 11 is 2.28. The van der Waals surface area contributed by atoms with E-state index in [2.05, 4.69) is 64.0 Å². The van der Waals surface area contributed by atoms with Crippen molar-refractivity contribution in [3.63, 3.8) is 0 Å². The Bertz CT molecular complexity index is 992. The van der Waals surface area contributed by atoms with Gasteiger partial charge >= 0.3 is 0 Å². The molecular formula is C28H36IN3O2. The highest BCUT2D eigenvalue weighted by molar-refractivity contribution is 14.1. The highest BCUT2D eigenvalue weighted by Crippen LogP contribution is 2.26. The molecule has 34 heavy (non-hydrogen) atoms. The molecule has 0 spiro atoms. The van der Waals surface area contributed by atoms with Gasteiger partial charge in [-0.2, -0.15) is 0 Å². The van der Waals surface area contributed by atoms with Crippen LogP contribution in [0.4, 0.5) is 0 Å². The van der Waals surface area contributed by atoms with Crippen LogP contribution in [-0.2, 0) is 13.1 Å². The first-order valence-corrected chi connectivity index (χ1v) is 13.8. The predicted octanol–water partition coefficient (Wildman–Crippen LogP) is 5.61. The summed E-state index contributed by atoms with van der Waals surface area (Å²) in [4.78, 5) is 30.2. The van der Waals surface area contributed by atoms with Crippen molar-refractivity contribution in [2.45, 2.75) is 71.0 Å². The molecule has 1 atom stereocenters. The zero-order valence-electron chi connectivity index (χ0n) is 20.2. The number of nitrogens with zero attached hydrogens (tertiary/aromatic N) is 2. The van der Waals surface area contributed by atoms with Crippen molar-refractivity contribution in [2.75, 3.05) is 19.6 Å². The van der Waals surface area contributed by atoms with E-state index in [0.717, 1.165) is 30.1 Å². The molecule has 4 rings (SSSR count). The number of nitrogens with one attached hydrogen (secondary N) is 1. The van der Waals surface area contributed by atoms with Gasteiger partial charge in [-0.05, 0) is 90.2 Å². The third kappa shape index (κ3) is 6.39. The number of benzene rings is 2. The quantitative estimate of drug-likeness (QED) is 0.297. The van der Waals surface area contributed by atoms with Crippen LogP contribution in [0.25, 0.3) is 0 Å². The number of amides is 2. The normalized spacial score (nSPS) is 18.2. The summed E-state index contributed by atoms with van der Waals surface area (Å²) in [5, 5.41) is 3.07. The lowest BCUT2D eigenvalue weighted by Crippen LogP contribution is -2.41. The molecule has 0 aliphatic carbocycles. The number of carbonyl (C=O) groups excluding carboxylic acids is 2. The summed E-state index contributed by atoms with van der Waals surface area (Å²) in [5.74, 6) is -0.0840. The molecule has 0 aromatic heterocycles. The fraction of sp³-hybridized carbons (Fsp3) is 0.500. The summed E-state index contributed by atoms with van der Waals surface area (Å²) in [7, 11) is 0. The molecule has 1 unspecified atom stereocenters. The highest BCUT2D eigenvalue weighted by Gasteiger charge is 2.28. The third-order valence-electron chi connectivity index (χ3n) is 7.09. The number of hydrogen-bond acceptors (Lipinski definition) is 3. The molecule has 0 bridgehead atoms. The topological polar surface area (TPSA) is 52.7 Å². The van der Waals surface area contributed by atoms with Crippen LogP contribution in [0.1, 0.15) is 83.7 Å². The van der Waals surface area contributed by atoms with Gasteiger partial charge < -0.3 is 15.1 Å². The lowest BCUT2D eigenvalue weighted by atomic mass is 9.97. The summed E-state index contributed by atoms with van der Waals surface area (Å²) < 4.78 is 1.18. The van der Waals surface area contributed by atoms with E-state index in [9.17, 15) is 9.59 Å². The first kappa shape index (κ1) is 25.2. The van der Waals surface area contributed by atoms with E-state index < -0.39 is 0 Å². The van der Waals surface area contributed by atoms with Crippen LogP contribution in [0.5, 0.6) is 0 Å². The lowest BCUT2D eigenvalue weighted by Gasteiger charge is -2.36. The number of unbranched alkanes of at least 4 members (excludes halogenated alkanes) is 1. The van der Waals surface area contributed by atoms with Crippen molar-refractivity contribution in [3.8, 4) is 0 Å². The maximum absolute atomic E-state index is 13.0. The maximum atomic E-state index is 13.0. The van der Waals surface area contributed by atoms with Crippen molar-refractivity contribution in [3.05, 3.63) is 68.3 Å². The second kappa shape index (κ2) is 12.2. The Morgan fingerprint density at radius 1 is 1.12 bits per heavy atom. The first-order valence-electron chi connectivity index (χ1n) is 12.7. The lowest BCUT2D eigenvalue weighted by molar-refractivity contribution is 0.0766. The van der Waals surface area contributed by atoms with Gasteiger partial charge in [0.05, 0.1) is 0 Å². The zero-order chi connectivity index (χ0) is 23.9. The van der Waals surface area contributed by atoms with E-state index in [4.69, 9.17) is 0 Å². The minimum absolute atomic E-state index is 0.00594. The molecule has 2 heterocycles. The number of rotatable bonds is 10. The zero-order valence-corrected chi connectivity index (χ0v) is 22.4. The van der Waals surface area contributed by atoms with Gasteiger partial charge in [0.15, 0.2) is 0 Å². The van der Waals surface area contributed by atoms with Gasteiger partial charge in [-0.25, -0.2) is 0 Å². The van der Waals surface area contributed by atoms with E-state index >= 15 is 0 Å². The third-order valence-corrected chi connectivity index (χ3v) is 7.80. The van der Waals surface area contributed by atoms with Crippen LogP contribution in [-0.4, -0.2) is 47.3 Å².